The van der Waals surface area contributed by atoms with Gasteiger partial charge in [-0.05, 0) is 56.2 Å². The minimum Gasteiger partial charge on any atom is -0.497 e. The number of methoxy groups -OCH3 is 1. The number of nitrogens with one attached hydrogen (secondary N) is 1. The minimum absolute atomic E-state index is 0.332. The van der Waals surface area contributed by atoms with Crippen molar-refractivity contribution in [1.29, 1.82) is 0 Å². The number of fused-ring (bicyclic) bond motifs is 1. The highest BCUT2D eigenvalue weighted by Gasteiger charge is 2.19. The maximum atomic E-state index is 12.2. The second-order valence-corrected chi connectivity index (χ2v) is 7.04. The summed E-state index contributed by atoms with van der Waals surface area (Å²) in [5.41, 5.74) is 2.56. The molecule has 0 bridgehead atoms. The minimum atomic E-state index is -0.592. The smallest absolute Gasteiger partial charge is 0.335 e. The first-order chi connectivity index (χ1) is 12.2. The lowest BCUT2D eigenvalue weighted by molar-refractivity contribution is -0.164. The van der Waals surface area contributed by atoms with Gasteiger partial charge in [0.15, 0.2) is 6.61 Å². The lowest BCUT2D eigenvalue weighted by atomic mass is 9.97. The van der Waals surface area contributed by atoms with Gasteiger partial charge in [0.05, 0.1) is 13.0 Å². The summed E-state index contributed by atoms with van der Waals surface area (Å²) in [6.45, 7) is 6.73. The van der Waals surface area contributed by atoms with Gasteiger partial charge < -0.3 is 9.47 Å². The molecule has 0 radical (unpaired) electrons. The van der Waals surface area contributed by atoms with Crippen molar-refractivity contribution in [2.75, 3.05) is 13.7 Å². The molecule has 0 saturated carbocycles. The largest absolute Gasteiger partial charge is 0.497 e. The van der Waals surface area contributed by atoms with Crippen LogP contribution in [-0.2, 0) is 19.2 Å². The summed E-state index contributed by atoms with van der Waals surface area (Å²) in [5.74, 6) is -0.516. The Bertz CT molecular complexity index is 794. The normalized spacial score (nSPS) is 12.5. The average Bonchev–Trinajstić information content (AvgIpc) is 2.58. The molecule has 2 aromatic rings. The van der Waals surface area contributed by atoms with E-state index in [1.165, 1.54) is 0 Å². The molecular formula is C20H25NO5. The van der Waals surface area contributed by atoms with Crippen LogP contribution in [0.5, 0.6) is 5.75 Å². The monoisotopic (exact) mass is 359 g/mol. The summed E-state index contributed by atoms with van der Waals surface area (Å²) in [6, 6.07) is 11.5. The van der Waals surface area contributed by atoms with Gasteiger partial charge >= 0.3 is 5.97 Å². The van der Waals surface area contributed by atoms with E-state index in [2.05, 4.69) is 5.48 Å². The van der Waals surface area contributed by atoms with E-state index in [9.17, 15) is 9.59 Å². The van der Waals surface area contributed by atoms with Crippen LogP contribution in [0.2, 0.25) is 0 Å². The molecule has 140 valence electrons. The molecule has 2 aromatic carbocycles. The number of hydroxylamine groups is 1. The van der Waals surface area contributed by atoms with Crippen molar-refractivity contribution in [1.82, 2.24) is 5.48 Å². The Morgan fingerprint density at radius 3 is 2.38 bits per heavy atom. The van der Waals surface area contributed by atoms with Gasteiger partial charge in [0, 0.05) is 0 Å². The van der Waals surface area contributed by atoms with Crippen molar-refractivity contribution in [2.45, 2.75) is 39.2 Å². The summed E-state index contributed by atoms with van der Waals surface area (Å²) in [6.07, 6.45) is 0. The Hall–Kier alpha value is -2.60. The van der Waals surface area contributed by atoms with Crippen molar-refractivity contribution in [3.63, 3.8) is 0 Å². The fraction of sp³-hybridized carbons (Fsp3) is 0.400. The number of ether oxygens (including phenoxy) is 2. The molecule has 6 nitrogen and oxygen atoms in total. The third-order valence-corrected chi connectivity index (χ3v) is 3.75. The van der Waals surface area contributed by atoms with Crippen LogP contribution in [0.25, 0.3) is 10.8 Å². The fourth-order valence-electron chi connectivity index (χ4n) is 2.42. The lowest BCUT2D eigenvalue weighted by Gasteiger charge is -2.19. The first-order valence-electron chi connectivity index (χ1n) is 8.41. The molecule has 26 heavy (non-hydrogen) atoms. The highest BCUT2D eigenvalue weighted by Crippen LogP contribution is 2.25. The molecule has 1 atom stereocenters. The number of esters is 1. The number of benzene rings is 2. The fourth-order valence-corrected chi connectivity index (χ4v) is 2.42. The summed E-state index contributed by atoms with van der Waals surface area (Å²) >= 11 is 0. The van der Waals surface area contributed by atoms with E-state index in [0.717, 1.165) is 22.1 Å². The van der Waals surface area contributed by atoms with E-state index in [4.69, 9.17) is 14.3 Å². The Labute approximate surface area is 153 Å². The van der Waals surface area contributed by atoms with E-state index in [1.807, 2.05) is 36.4 Å². The van der Waals surface area contributed by atoms with Crippen molar-refractivity contribution < 1.29 is 23.9 Å². The second-order valence-electron chi connectivity index (χ2n) is 7.04. The second kappa shape index (κ2) is 8.19. The van der Waals surface area contributed by atoms with Crippen LogP contribution in [0, 0.1) is 0 Å². The number of amides is 1. The molecule has 1 unspecified atom stereocenters. The number of rotatable bonds is 6. The van der Waals surface area contributed by atoms with Gasteiger partial charge in [-0.1, -0.05) is 24.3 Å². The third kappa shape index (κ3) is 5.46. The Kier molecular flexibility index (Phi) is 6.21. The molecule has 0 heterocycles. The van der Waals surface area contributed by atoms with Crippen molar-refractivity contribution in [2.24, 2.45) is 0 Å². The molecule has 0 aliphatic carbocycles. The molecule has 0 aliphatic rings. The maximum Gasteiger partial charge on any atom is 0.335 e. The lowest BCUT2D eigenvalue weighted by Crippen LogP contribution is -2.33. The molecule has 2 rings (SSSR count). The van der Waals surface area contributed by atoms with Crippen LogP contribution in [0.1, 0.15) is 39.2 Å². The molecule has 0 aliphatic heterocycles. The SMILES string of the molecule is COc1ccc2cc(C(C)C(=O)NOCC(=O)OC(C)(C)C)ccc2c1. The van der Waals surface area contributed by atoms with Crippen LogP contribution in [-0.4, -0.2) is 31.2 Å². The van der Waals surface area contributed by atoms with E-state index in [1.54, 1.807) is 34.8 Å². The highest BCUT2D eigenvalue weighted by atomic mass is 16.7. The van der Waals surface area contributed by atoms with Crippen LogP contribution in [0.3, 0.4) is 0 Å². The predicted octanol–water partition coefficient (Wildman–Crippen LogP) is 3.34. The third-order valence-electron chi connectivity index (χ3n) is 3.75. The molecule has 1 amide bonds. The van der Waals surface area contributed by atoms with Gasteiger partial charge in [-0.3, -0.25) is 9.63 Å². The zero-order valence-corrected chi connectivity index (χ0v) is 15.8. The van der Waals surface area contributed by atoms with Gasteiger partial charge in [0.2, 0.25) is 0 Å². The summed E-state index contributed by atoms with van der Waals surface area (Å²) < 4.78 is 10.3. The first kappa shape index (κ1) is 19.7. The predicted molar refractivity (Wildman–Crippen MR) is 98.9 cm³/mol. The van der Waals surface area contributed by atoms with Crippen LogP contribution < -0.4 is 10.2 Å². The number of hydrogen-bond donors (Lipinski definition) is 1. The quantitative estimate of drug-likeness (QED) is 0.632. The van der Waals surface area contributed by atoms with Gasteiger partial charge in [-0.2, -0.15) is 0 Å². The van der Waals surface area contributed by atoms with Gasteiger partial charge in [0.25, 0.3) is 5.91 Å². The molecule has 6 heteroatoms. The van der Waals surface area contributed by atoms with E-state index < -0.39 is 17.5 Å². The molecule has 0 aromatic heterocycles. The van der Waals surface area contributed by atoms with Crippen LogP contribution in [0.4, 0.5) is 0 Å². The zero-order valence-electron chi connectivity index (χ0n) is 15.8. The maximum absolute atomic E-state index is 12.2. The Morgan fingerprint density at radius 1 is 1.08 bits per heavy atom. The number of hydrogen-bond acceptors (Lipinski definition) is 5. The summed E-state index contributed by atoms with van der Waals surface area (Å²) in [4.78, 5) is 28.8. The van der Waals surface area contributed by atoms with Gasteiger partial charge in [-0.25, -0.2) is 10.3 Å². The number of carbonyl (C=O) groups is 2. The molecule has 1 N–H and O–H groups in total. The topological polar surface area (TPSA) is 73.9 Å². The van der Waals surface area contributed by atoms with E-state index in [-0.39, 0.29) is 12.5 Å². The van der Waals surface area contributed by atoms with Gasteiger partial charge in [-0.15, -0.1) is 0 Å². The molecule has 0 fully saturated rings. The van der Waals surface area contributed by atoms with Crippen molar-refractivity contribution >= 4 is 22.6 Å². The van der Waals surface area contributed by atoms with E-state index in [0.29, 0.717) is 0 Å². The van der Waals surface area contributed by atoms with E-state index >= 15 is 0 Å². The average molecular weight is 359 g/mol. The first-order valence-corrected chi connectivity index (χ1v) is 8.41. The Balaban J connectivity index is 1.95. The molecule has 0 saturated heterocycles. The zero-order chi connectivity index (χ0) is 19.3. The van der Waals surface area contributed by atoms with Crippen LogP contribution in [0.15, 0.2) is 36.4 Å². The van der Waals surface area contributed by atoms with Gasteiger partial charge in [0.1, 0.15) is 11.4 Å². The molecule has 0 spiro atoms. The summed E-state index contributed by atoms with van der Waals surface area (Å²) in [7, 11) is 1.62. The molecular weight excluding hydrogens is 334 g/mol. The van der Waals surface area contributed by atoms with Crippen LogP contribution >= 0.6 is 0 Å². The number of carbonyl (C=O) groups excluding carboxylic acids is 2. The Morgan fingerprint density at radius 2 is 1.73 bits per heavy atom. The van der Waals surface area contributed by atoms with Crippen molar-refractivity contribution in [3.05, 3.63) is 42.0 Å². The summed E-state index contributed by atoms with van der Waals surface area (Å²) in [5, 5.41) is 2.04. The van der Waals surface area contributed by atoms with Crippen molar-refractivity contribution in [3.8, 4) is 5.75 Å². The standard InChI is InChI=1S/C20H25NO5/c1-13(19(23)21-25-12-18(22)26-20(2,3)4)14-6-7-16-11-17(24-5)9-8-15(16)10-14/h6-11,13H,12H2,1-5H3,(H,21,23). The highest BCUT2D eigenvalue weighted by molar-refractivity contribution is 5.88.